The molecule has 0 aromatic heterocycles. The monoisotopic (exact) mass is 215 g/mol. The molecule has 15 heavy (non-hydrogen) atoms. The number of rotatable bonds is 8. The van der Waals surface area contributed by atoms with Gasteiger partial charge in [0.25, 0.3) is 0 Å². The fourth-order valence-electron chi connectivity index (χ4n) is 2.39. The molecular formula is C12H25NO2. The average Bonchev–Trinajstić information content (AvgIpc) is 2.66. The maximum Gasteiger partial charge on any atom is 0.0700 e. The van der Waals surface area contributed by atoms with Gasteiger partial charge in [0.15, 0.2) is 0 Å². The van der Waals surface area contributed by atoms with Crippen LogP contribution in [0.25, 0.3) is 0 Å². The fourth-order valence-corrected chi connectivity index (χ4v) is 2.39. The Balaban J connectivity index is 2.03. The van der Waals surface area contributed by atoms with Gasteiger partial charge in [-0.1, -0.05) is 13.3 Å². The topological polar surface area (TPSA) is 30.5 Å². The van der Waals surface area contributed by atoms with Crippen LogP contribution in [0.2, 0.25) is 0 Å². The first-order valence-corrected chi connectivity index (χ1v) is 6.18. The Bertz CT molecular complexity index is 153. The Morgan fingerprint density at radius 1 is 1.20 bits per heavy atom. The van der Waals surface area contributed by atoms with E-state index < -0.39 is 0 Å². The Labute approximate surface area is 93.5 Å². The molecule has 0 amide bonds. The lowest BCUT2D eigenvalue weighted by molar-refractivity contribution is 0.0624. The first-order valence-electron chi connectivity index (χ1n) is 6.18. The molecule has 90 valence electrons. The van der Waals surface area contributed by atoms with Gasteiger partial charge in [-0.05, 0) is 31.7 Å². The molecule has 0 aromatic rings. The molecule has 0 aromatic carbocycles. The summed E-state index contributed by atoms with van der Waals surface area (Å²) in [6, 6.07) is 0.737. The van der Waals surface area contributed by atoms with Crippen molar-refractivity contribution < 1.29 is 9.47 Å². The van der Waals surface area contributed by atoms with Crippen LogP contribution in [-0.4, -0.2) is 39.5 Å². The lowest BCUT2D eigenvalue weighted by atomic mass is 10.0. The van der Waals surface area contributed by atoms with Crippen molar-refractivity contribution in [2.45, 2.75) is 38.6 Å². The zero-order valence-electron chi connectivity index (χ0n) is 10.1. The minimum absolute atomic E-state index is 0.710. The third-order valence-electron chi connectivity index (χ3n) is 3.19. The van der Waals surface area contributed by atoms with Crippen molar-refractivity contribution in [3.63, 3.8) is 0 Å². The van der Waals surface area contributed by atoms with E-state index in [4.69, 9.17) is 9.47 Å². The maximum atomic E-state index is 5.51. The number of methoxy groups -OCH3 is 1. The summed E-state index contributed by atoms with van der Waals surface area (Å²) in [4.78, 5) is 0. The quantitative estimate of drug-likeness (QED) is 0.626. The predicted octanol–water partition coefficient (Wildman–Crippen LogP) is 1.82. The number of ether oxygens (including phenoxy) is 2. The van der Waals surface area contributed by atoms with Crippen molar-refractivity contribution in [2.75, 3.05) is 33.5 Å². The minimum atomic E-state index is 0.710. The summed E-state index contributed by atoms with van der Waals surface area (Å²) >= 11 is 0. The van der Waals surface area contributed by atoms with Crippen LogP contribution in [0.5, 0.6) is 0 Å². The molecule has 0 saturated heterocycles. The van der Waals surface area contributed by atoms with Gasteiger partial charge in [0.2, 0.25) is 0 Å². The molecule has 2 unspecified atom stereocenters. The Hall–Kier alpha value is -0.120. The van der Waals surface area contributed by atoms with Gasteiger partial charge >= 0.3 is 0 Å². The van der Waals surface area contributed by atoms with Crippen LogP contribution in [-0.2, 0) is 9.47 Å². The van der Waals surface area contributed by atoms with Crippen molar-refractivity contribution in [2.24, 2.45) is 5.92 Å². The molecule has 2 atom stereocenters. The minimum Gasteiger partial charge on any atom is -0.382 e. The molecule has 0 aliphatic heterocycles. The first kappa shape index (κ1) is 12.9. The van der Waals surface area contributed by atoms with Crippen LogP contribution in [0, 0.1) is 5.92 Å². The van der Waals surface area contributed by atoms with Crippen LogP contribution in [0.15, 0.2) is 0 Å². The van der Waals surface area contributed by atoms with Crippen LogP contribution < -0.4 is 5.32 Å². The van der Waals surface area contributed by atoms with Crippen LogP contribution >= 0.6 is 0 Å². The molecule has 1 rings (SSSR count). The van der Waals surface area contributed by atoms with Crippen LogP contribution in [0.1, 0.15) is 32.6 Å². The van der Waals surface area contributed by atoms with E-state index in [0.717, 1.165) is 31.7 Å². The molecule has 0 radical (unpaired) electrons. The van der Waals surface area contributed by atoms with E-state index in [2.05, 4.69) is 12.2 Å². The van der Waals surface area contributed by atoms with E-state index in [1.165, 1.54) is 25.7 Å². The normalized spacial score (nSPS) is 26.0. The van der Waals surface area contributed by atoms with Gasteiger partial charge in [-0.2, -0.15) is 0 Å². The molecule has 0 heterocycles. The zero-order chi connectivity index (χ0) is 10.9. The van der Waals surface area contributed by atoms with Crippen molar-refractivity contribution >= 4 is 0 Å². The van der Waals surface area contributed by atoms with Gasteiger partial charge in [0.1, 0.15) is 0 Å². The van der Waals surface area contributed by atoms with Crippen molar-refractivity contribution in [1.82, 2.24) is 5.32 Å². The molecule has 1 aliphatic rings. The Kier molecular flexibility index (Phi) is 6.98. The molecule has 0 bridgehead atoms. The molecule has 1 aliphatic carbocycles. The van der Waals surface area contributed by atoms with E-state index in [1.807, 2.05) is 0 Å². The second-order valence-corrected chi connectivity index (χ2v) is 4.25. The third kappa shape index (κ3) is 4.96. The number of nitrogens with one attached hydrogen (secondary N) is 1. The molecule has 0 spiro atoms. The van der Waals surface area contributed by atoms with Crippen molar-refractivity contribution in [1.29, 1.82) is 0 Å². The van der Waals surface area contributed by atoms with Gasteiger partial charge in [0.05, 0.1) is 13.2 Å². The van der Waals surface area contributed by atoms with E-state index in [1.54, 1.807) is 7.11 Å². The lowest BCUT2D eigenvalue weighted by Crippen LogP contribution is -2.32. The largest absolute Gasteiger partial charge is 0.382 e. The molecule has 1 saturated carbocycles. The summed E-state index contributed by atoms with van der Waals surface area (Å²) < 4.78 is 10.4. The summed E-state index contributed by atoms with van der Waals surface area (Å²) in [7, 11) is 1.71. The van der Waals surface area contributed by atoms with Crippen LogP contribution in [0.3, 0.4) is 0 Å². The SMILES string of the molecule is CCNC1CCCC1CCOCCOC. The van der Waals surface area contributed by atoms with Gasteiger partial charge in [-0.15, -0.1) is 0 Å². The highest BCUT2D eigenvalue weighted by Gasteiger charge is 2.25. The summed E-state index contributed by atoms with van der Waals surface area (Å²) in [5.41, 5.74) is 0. The first-order chi connectivity index (χ1) is 7.38. The summed E-state index contributed by atoms with van der Waals surface area (Å²) in [6.07, 6.45) is 5.28. The highest BCUT2D eigenvalue weighted by atomic mass is 16.5. The van der Waals surface area contributed by atoms with Gasteiger partial charge in [0, 0.05) is 19.8 Å². The second kappa shape index (κ2) is 8.08. The van der Waals surface area contributed by atoms with E-state index >= 15 is 0 Å². The lowest BCUT2D eigenvalue weighted by Gasteiger charge is -2.20. The highest BCUT2D eigenvalue weighted by Crippen LogP contribution is 2.28. The average molecular weight is 215 g/mol. The van der Waals surface area contributed by atoms with Crippen LogP contribution in [0.4, 0.5) is 0 Å². The molecule has 3 heteroatoms. The standard InChI is InChI=1S/C12H25NO2/c1-3-13-12-6-4-5-11(12)7-8-15-10-9-14-2/h11-13H,3-10H2,1-2H3. The Morgan fingerprint density at radius 2 is 2.07 bits per heavy atom. The third-order valence-corrected chi connectivity index (χ3v) is 3.19. The molecule has 1 fully saturated rings. The molecule has 3 nitrogen and oxygen atoms in total. The maximum absolute atomic E-state index is 5.51. The van der Waals surface area contributed by atoms with E-state index in [9.17, 15) is 0 Å². The molecule has 1 N–H and O–H groups in total. The summed E-state index contributed by atoms with van der Waals surface area (Å²) in [5.74, 6) is 0.826. The molecular weight excluding hydrogens is 190 g/mol. The number of hydrogen-bond donors (Lipinski definition) is 1. The van der Waals surface area contributed by atoms with Gasteiger partial charge < -0.3 is 14.8 Å². The Morgan fingerprint density at radius 3 is 2.80 bits per heavy atom. The van der Waals surface area contributed by atoms with E-state index in [-0.39, 0.29) is 0 Å². The van der Waals surface area contributed by atoms with Gasteiger partial charge in [-0.3, -0.25) is 0 Å². The fraction of sp³-hybridized carbons (Fsp3) is 1.00. The summed E-state index contributed by atoms with van der Waals surface area (Å²) in [5, 5.41) is 3.57. The second-order valence-electron chi connectivity index (χ2n) is 4.25. The number of hydrogen-bond acceptors (Lipinski definition) is 3. The predicted molar refractivity (Wildman–Crippen MR) is 62.1 cm³/mol. The summed E-state index contributed by atoms with van der Waals surface area (Å²) in [6.45, 7) is 5.60. The highest BCUT2D eigenvalue weighted by molar-refractivity contribution is 4.82. The van der Waals surface area contributed by atoms with E-state index in [0.29, 0.717) is 6.61 Å². The van der Waals surface area contributed by atoms with Crippen molar-refractivity contribution in [3.8, 4) is 0 Å². The van der Waals surface area contributed by atoms with Gasteiger partial charge in [-0.25, -0.2) is 0 Å². The zero-order valence-corrected chi connectivity index (χ0v) is 10.1. The van der Waals surface area contributed by atoms with Crippen molar-refractivity contribution in [3.05, 3.63) is 0 Å². The smallest absolute Gasteiger partial charge is 0.0700 e.